The molecule has 0 amide bonds. The van der Waals surface area contributed by atoms with Gasteiger partial charge < -0.3 is 9.47 Å². The van der Waals surface area contributed by atoms with Crippen LogP contribution in [0.2, 0.25) is 0 Å². The predicted octanol–water partition coefficient (Wildman–Crippen LogP) is 3.17. The molecule has 2 atom stereocenters. The quantitative estimate of drug-likeness (QED) is 0.607. The van der Waals surface area contributed by atoms with E-state index in [0.717, 1.165) is 12.0 Å². The number of carbonyl (C=O) groups excluding carboxylic acids is 1. The molecule has 0 saturated carbocycles. The molecule has 3 nitrogen and oxygen atoms in total. The van der Waals surface area contributed by atoms with E-state index >= 15 is 0 Å². The van der Waals surface area contributed by atoms with E-state index in [4.69, 9.17) is 9.47 Å². The number of ether oxygens (including phenoxy) is 2. The van der Waals surface area contributed by atoms with Crippen molar-refractivity contribution in [2.24, 2.45) is 0 Å². The van der Waals surface area contributed by atoms with E-state index in [-0.39, 0.29) is 11.8 Å². The standard InChI is InChI=1S/C15H19FO3/c1-4-10-15(13(17)18-5-2)14(3,19-15)11-6-8-12(16)9-7-11/h6-9H,4-5,10H2,1-3H3. The molecule has 1 aliphatic rings. The average molecular weight is 266 g/mol. The summed E-state index contributed by atoms with van der Waals surface area (Å²) in [4.78, 5) is 12.2. The van der Waals surface area contributed by atoms with Gasteiger partial charge in [-0.2, -0.15) is 0 Å². The Bertz CT molecular complexity index is 471. The van der Waals surface area contributed by atoms with Crippen LogP contribution in [-0.2, 0) is 19.9 Å². The van der Waals surface area contributed by atoms with Gasteiger partial charge in [-0.25, -0.2) is 9.18 Å². The monoisotopic (exact) mass is 266 g/mol. The van der Waals surface area contributed by atoms with Gasteiger partial charge in [0.05, 0.1) is 6.61 Å². The molecule has 4 heteroatoms. The zero-order valence-corrected chi connectivity index (χ0v) is 11.5. The number of hydrogen-bond donors (Lipinski definition) is 0. The molecule has 1 fully saturated rings. The highest BCUT2D eigenvalue weighted by Gasteiger charge is 2.73. The first-order valence-corrected chi connectivity index (χ1v) is 6.63. The Hall–Kier alpha value is -1.42. The highest BCUT2D eigenvalue weighted by molar-refractivity contribution is 5.85. The van der Waals surface area contributed by atoms with Crippen LogP contribution in [-0.4, -0.2) is 18.2 Å². The van der Waals surface area contributed by atoms with Crippen LogP contribution in [0, 0.1) is 5.82 Å². The van der Waals surface area contributed by atoms with Crippen molar-refractivity contribution in [2.75, 3.05) is 6.61 Å². The summed E-state index contributed by atoms with van der Waals surface area (Å²) in [6, 6.07) is 6.08. The molecule has 1 aromatic carbocycles. The summed E-state index contributed by atoms with van der Waals surface area (Å²) in [5, 5.41) is 0. The minimum Gasteiger partial charge on any atom is -0.464 e. The van der Waals surface area contributed by atoms with Gasteiger partial charge in [0.25, 0.3) is 0 Å². The summed E-state index contributed by atoms with van der Waals surface area (Å²) in [6.07, 6.45) is 1.41. The Morgan fingerprint density at radius 3 is 2.47 bits per heavy atom. The first-order valence-electron chi connectivity index (χ1n) is 6.63. The highest BCUT2D eigenvalue weighted by Crippen LogP contribution is 2.58. The lowest BCUT2D eigenvalue weighted by molar-refractivity contribution is -0.149. The lowest BCUT2D eigenvalue weighted by atomic mass is 9.84. The number of carbonyl (C=O) groups is 1. The van der Waals surface area contributed by atoms with Gasteiger partial charge in [-0.05, 0) is 38.0 Å². The first-order chi connectivity index (χ1) is 9.00. The Morgan fingerprint density at radius 2 is 1.95 bits per heavy atom. The molecule has 2 rings (SSSR count). The van der Waals surface area contributed by atoms with Gasteiger partial charge in [0, 0.05) is 0 Å². The van der Waals surface area contributed by atoms with E-state index in [1.165, 1.54) is 12.1 Å². The zero-order valence-electron chi connectivity index (χ0n) is 11.5. The number of esters is 1. The molecule has 19 heavy (non-hydrogen) atoms. The van der Waals surface area contributed by atoms with E-state index < -0.39 is 11.2 Å². The molecule has 0 spiro atoms. The molecular formula is C15H19FO3. The predicted molar refractivity (Wildman–Crippen MR) is 69.1 cm³/mol. The minimum atomic E-state index is -0.921. The Balaban J connectivity index is 2.29. The number of rotatable bonds is 5. The normalized spacial score (nSPS) is 29.1. The Labute approximate surface area is 112 Å². The lowest BCUT2D eigenvalue weighted by Crippen LogP contribution is -2.33. The molecule has 2 unspecified atom stereocenters. The maximum Gasteiger partial charge on any atom is 0.341 e. The van der Waals surface area contributed by atoms with Crippen LogP contribution < -0.4 is 0 Å². The van der Waals surface area contributed by atoms with E-state index in [2.05, 4.69) is 0 Å². The molecule has 0 aliphatic carbocycles. The van der Waals surface area contributed by atoms with Crippen LogP contribution in [0.15, 0.2) is 24.3 Å². The molecule has 0 N–H and O–H groups in total. The van der Waals surface area contributed by atoms with Crippen molar-refractivity contribution in [1.29, 1.82) is 0 Å². The van der Waals surface area contributed by atoms with Crippen LogP contribution in [0.5, 0.6) is 0 Å². The summed E-state index contributed by atoms with van der Waals surface area (Å²) in [5.41, 5.74) is -0.839. The smallest absolute Gasteiger partial charge is 0.341 e. The van der Waals surface area contributed by atoms with Crippen molar-refractivity contribution < 1.29 is 18.7 Å². The topological polar surface area (TPSA) is 38.8 Å². The van der Waals surface area contributed by atoms with Gasteiger partial charge in [0.2, 0.25) is 0 Å². The second-order valence-corrected chi connectivity index (χ2v) is 4.94. The van der Waals surface area contributed by atoms with Gasteiger partial charge >= 0.3 is 5.97 Å². The molecule has 1 heterocycles. The van der Waals surface area contributed by atoms with Crippen molar-refractivity contribution in [2.45, 2.75) is 44.8 Å². The van der Waals surface area contributed by atoms with E-state index in [9.17, 15) is 9.18 Å². The second-order valence-electron chi connectivity index (χ2n) is 4.94. The first kappa shape index (κ1) is 14.0. The lowest BCUT2D eigenvalue weighted by Gasteiger charge is -2.15. The third-order valence-electron chi connectivity index (χ3n) is 3.71. The maximum atomic E-state index is 13.0. The van der Waals surface area contributed by atoms with Crippen LogP contribution in [0.25, 0.3) is 0 Å². The zero-order chi connectivity index (χ0) is 14.1. The van der Waals surface area contributed by atoms with Gasteiger partial charge in [-0.1, -0.05) is 25.5 Å². The molecular weight excluding hydrogens is 247 g/mol. The highest BCUT2D eigenvalue weighted by atomic mass is 19.1. The van der Waals surface area contributed by atoms with Gasteiger partial charge in [0.15, 0.2) is 5.60 Å². The summed E-state index contributed by atoms with van der Waals surface area (Å²) >= 11 is 0. The van der Waals surface area contributed by atoms with Crippen LogP contribution in [0.3, 0.4) is 0 Å². The molecule has 0 bridgehead atoms. The number of benzene rings is 1. The molecule has 104 valence electrons. The van der Waals surface area contributed by atoms with E-state index in [0.29, 0.717) is 13.0 Å². The third kappa shape index (κ3) is 2.14. The second kappa shape index (κ2) is 4.93. The molecule has 1 aliphatic heterocycles. The van der Waals surface area contributed by atoms with Crippen molar-refractivity contribution in [3.8, 4) is 0 Å². The largest absolute Gasteiger partial charge is 0.464 e. The van der Waals surface area contributed by atoms with Gasteiger partial charge in [0.1, 0.15) is 11.4 Å². The van der Waals surface area contributed by atoms with Crippen molar-refractivity contribution >= 4 is 5.97 Å². The fourth-order valence-corrected chi connectivity index (χ4v) is 2.61. The van der Waals surface area contributed by atoms with Gasteiger partial charge in [-0.3, -0.25) is 0 Å². The van der Waals surface area contributed by atoms with Crippen molar-refractivity contribution in [3.63, 3.8) is 0 Å². The molecule has 0 aromatic heterocycles. The van der Waals surface area contributed by atoms with Gasteiger partial charge in [-0.15, -0.1) is 0 Å². The summed E-state index contributed by atoms with van der Waals surface area (Å²) < 4.78 is 23.9. The van der Waals surface area contributed by atoms with Crippen molar-refractivity contribution in [1.82, 2.24) is 0 Å². The van der Waals surface area contributed by atoms with Crippen LogP contribution in [0.1, 0.15) is 39.2 Å². The van der Waals surface area contributed by atoms with Crippen molar-refractivity contribution in [3.05, 3.63) is 35.6 Å². The Kier molecular flexibility index (Phi) is 3.63. The number of halogens is 1. The number of hydrogen-bond acceptors (Lipinski definition) is 3. The fraction of sp³-hybridized carbons (Fsp3) is 0.533. The third-order valence-corrected chi connectivity index (χ3v) is 3.71. The summed E-state index contributed by atoms with van der Waals surface area (Å²) in [5.74, 6) is -0.631. The van der Waals surface area contributed by atoms with Crippen LogP contribution >= 0.6 is 0 Å². The van der Waals surface area contributed by atoms with E-state index in [1.807, 2.05) is 13.8 Å². The van der Waals surface area contributed by atoms with E-state index in [1.54, 1.807) is 19.1 Å². The SMILES string of the molecule is CCCC1(C(=O)OCC)OC1(C)c1ccc(F)cc1. The molecule has 0 radical (unpaired) electrons. The Morgan fingerprint density at radius 1 is 1.32 bits per heavy atom. The fourth-order valence-electron chi connectivity index (χ4n) is 2.61. The molecule has 1 aromatic rings. The summed E-state index contributed by atoms with van der Waals surface area (Å²) in [7, 11) is 0. The summed E-state index contributed by atoms with van der Waals surface area (Å²) in [6.45, 7) is 5.95. The van der Waals surface area contributed by atoms with Crippen LogP contribution in [0.4, 0.5) is 4.39 Å². The maximum absolute atomic E-state index is 13.0. The average Bonchev–Trinajstić information content (AvgIpc) is 2.99. The minimum absolute atomic E-state index is 0.301. The number of epoxide rings is 1. The molecule has 1 saturated heterocycles.